The average molecular weight is 267 g/mol. The summed E-state index contributed by atoms with van der Waals surface area (Å²) in [6.07, 6.45) is 0.434. The van der Waals surface area contributed by atoms with E-state index < -0.39 is 0 Å². The van der Waals surface area contributed by atoms with Gasteiger partial charge in [-0.05, 0) is 38.2 Å². The van der Waals surface area contributed by atoms with E-state index in [-0.39, 0.29) is 30.4 Å². The first-order chi connectivity index (χ1) is 8.86. The van der Waals surface area contributed by atoms with Crippen molar-refractivity contribution in [3.05, 3.63) is 17.0 Å². The summed E-state index contributed by atoms with van der Waals surface area (Å²) in [6, 6.07) is -0.0174. The van der Waals surface area contributed by atoms with Crippen LogP contribution in [-0.2, 0) is 4.79 Å². The summed E-state index contributed by atoms with van der Waals surface area (Å²) in [5.74, 6) is 0.215. The number of amides is 1. The molecular weight excluding hydrogens is 242 g/mol. The molecule has 1 amide bonds. The molecule has 0 fully saturated rings. The van der Waals surface area contributed by atoms with Gasteiger partial charge in [0.1, 0.15) is 0 Å². The Morgan fingerprint density at radius 2 is 2.00 bits per heavy atom. The Labute approximate surface area is 114 Å². The standard InChI is InChI=1S/C14H25N3O2/c1-8(14-11(4)16-17-12(14)5)6-13(19)15-10(3)9(2)7-18/h8-10,18H,6-7H2,1-5H3,(H,15,19)(H,16,17). The molecule has 0 spiro atoms. The topological polar surface area (TPSA) is 78.0 Å². The Morgan fingerprint density at radius 3 is 2.47 bits per heavy atom. The first-order valence-corrected chi connectivity index (χ1v) is 6.78. The van der Waals surface area contributed by atoms with Crippen molar-refractivity contribution in [1.82, 2.24) is 15.5 Å². The van der Waals surface area contributed by atoms with Gasteiger partial charge in [0, 0.05) is 24.8 Å². The Hall–Kier alpha value is -1.36. The normalized spacial score (nSPS) is 15.9. The lowest BCUT2D eigenvalue weighted by Crippen LogP contribution is -2.38. The van der Waals surface area contributed by atoms with Crippen LogP contribution in [0.2, 0.25) is 0 Å². The van der Waals surface area contributed by atoms with Crippen molar-refractivity contribution in [3.8, 4) is 0 Å². The van der Waals surface area contributed by atoms with Crippen LogP contribution in [0.1, 0.15) is 50.1 Å². The van der Waals surface area contributed by atoms with Crippen LogP contribution in [0.4, 0.5) is 0 Å². The maximum Gasteiger partial charge on any atom is 0.220 e. The van der Waals surface area contributed by atoms with E-state index in [0.717, 1.165) is 17.0 Å². The minimum atomic E-state index is -0.0174. The molecule has 3 N–H and O–H groups in total. The number of carbonyl (C=O) groups is 1. The van der Waals surface area contributed by atoms with Crippen LogP contribution in [0.25, 0.3) is 0 Å². The molecule has 0 aliphatic heterocycles. The molecule has 1 aromatic heterocycles. The van der Waals surface area contributed by atoms with Gasteiger partial charge in [-0.1, -0.05) is 13.8 Å². The Kier molecular flexibility index (Phi) is 5.54. The van der Waals surface area contributed by atoms with Crippen LogP contribution < -0.4 is 5.32 Å². The number of aliphatic hydroxyl groups is 1. The highest BCUT2D eigenvalue weighted by atomic mass is 16.3. The van der Waals surface area contributed by atoms with Gasteiger partial charge >= 0.3 is 0 Å². The molecular formula is C14H25N3O2. The van der Waals surface area contributed by atoms with Crippen LogP contribution in [-0.4, -0.2) is 33.9 Å². The minimum Gasteiger partial charge on any atom is -0.396 e. The van der Waals surface area contributed by atoms with Gasteiger partial charge in [0.25, 0.3) is 0 Å². The molecule has 0 bridgehead atoms. The van der Waals surface area contributed by atoms with E-state index in [2.05, 4.69) is 15.5 Å². The highest BCUT2D eigenvalue weighted by molar-refractivity contribution is 5.77. The number of aromatic amines is 1. The third-order valence-electron chi connectivity index (χ3n) is 3.70. The van der Waals surface area contributed by atoms with Crippen LogP contribution in [0.15, 0.2) is 0 Å². The number of carbonyl (C=O) groups excluding carboxylic acids is 1. The van der Waals surface area contributed by atoms with Gasteiger partial charge in [0.15, 0.2) is 0 Å². The Morgan fingerprint density at radius 1 is 1.37 bits per heavy atom. The monoisotopic (exact) mass is 267 g/mol. The van der Waals surface area contributed by atoms with Gasteiger partial charge in [-0.3, -0.25) is 9.89 Å². The second-order valence-corrected chi connectivity index (χ2v) is 5.47. The number of aliphatic hydroxyl groups excluding tert-OH is 1. The SMILES string of the molecule is Cc1n[nH]c(C)c1C(C)CC(=O)NC(C)C(C)CO. The molecule has 1 rings (SSSR count). The van der Waals surface area contributed by atoms with Crippen molar-refractivity contribution in [2.45, 2.75) is 53.0 Å². The van der Waals surface area contributed by atoms with E-state index in [0.29, 0.717) is 6.42 Å². The van der Waals surface area contributed by atoms with E-state index in [9.17, 15) is 4.79 Å². The second-order valence-electron chi connectivity index (χ2n) is 5.47. The number of aromatic nitrogens is 2. The number of rotatable bonds is 6. The smallest absolute Gasteiger partial charge is 0.220 e. The third-order valence-corrected chi connectivity index (χ3v) is 3.70. The molecule has 0 saturated carbocycles. The molecule has 0 aliphatic rings. The molecule has 3 unspecified atom stereocenters. The molecule has 108 valence electrons. The average Bonchev–Trinajstić information content (AvgIpc) is 2.67. The van der Waals surface area contributed by atoms with Gasteiger partial charge in [0.2, 0.25) is 5.91 Å². The summed E-state index contributed by atoms with van der Waals surface area (Å²) < 4.78 is 0. The molecule has 5 heteroatoms. The van der Waals surface area contributed by atoms with Crippen LogP contribution in [0.3, 0.4) is 0 Å². The zero-order chi connectivity index (χ0) is 14.6. The molecule has 5 nitrogen and oxygen atoms in total. The van der Waals surface area contributed by atoms with Gasteiger partial charge < -0.3 is 10.4 Å². The lowest BCUT2D eigenvalue weighted by atomic mass is 9.95. The molecule has 0 radical (unpaired) electrons. The van der Waals surface area contributed by atoms with Gasteiger partial charge in [0.05, 0.1) is 5.69 Å². The zero-order valence-electron chi connectivity index (χ0n) is 12.4. The number of H-pyrrole nitrogens is 1. The summed E-state index contributed by atoms with van der Waals surface area (Å²) in [5, 5.41) is 19.1. The molecule has 3 atom stereocenters. The summed E-state index contributed by atoms with van der Waals surface area (Å²) in [4.78, 5) is 12.0. The Bertz CT molecular complexity index is 409. The van der Waals surface area contributed by atoms with Crippen molar-refractivity contribution in [1.29, 1.82) is 0 Å². The van der Waals surface area contributed by atoms with Crippen LogP contribution >= 0.6 is 0 Å². The zero-order valence-corrected chi connectivity index (χ0v) is 12.4. The van der Waals surface area contributed by atoms with E-state index >= 15 is 0 Å². The van der Waals surface area contributed by atoms with E-state index in [1.54, 1.807) is 0 Å². The summed E-state index contributed by atoms with van der Waals surface area (Å²) in [6.45, 7) is 9.86. The molecule has 1 aromatic rings. The molecule has 0 saturated heterocycles. The second kappa shape index (κ2) is 6.70. The molecule has 19 heavy (non-hydrogen) atoms. The number of nitrogens with zero attached hydrogens (tertiary/aromatic N) is 1. The van der Waals surface area contributed by atoms with Crippen molar-refractivity contribution in [2.24, 2.45) is 5.92 Å². The number of hydrogen-bond acceptors (Lipinski definition) is 3. The summed E-state index contributed by atoms with van der Waals surface area (Å²) in [7, 11) is 0. The fraction of sp³-hybridized carbons (Fsp3) is 0.714. The first-order valence-electron chi connectivity index (χ1n) is 6.78. The lowest BCUT2D eigenvalue weighted by Gasteiger charge is -2.20. The van der Waals surface area contributed by atoms with Gasteiger partial charge in [-0.2, -0.15) is 5.10 Å². The van der Waals surface area contributed by atoms with Crippen molar-refractivity contribution in [2.75, 3.05) is 6.61 Å². The largest absolute Gasteiger partial charge is 0.396 e. The van der Waals surface area contributed by atoms with E-state index in [1.807, 2.05) is 34.6 Å². The summed E-state index contributed by atoms with van der Waals surface area (Å²) >= 11 is 0. The predicted molar refractivity (Wildman–Crippen MR) is 74.9 cm³/mol. The Balaban J connectivity index is 2.58. The molecule has 0 aliphatic carbocycles. The lowest BCUT2D eigenvalue weighted by molar-refractivity contribution is -0.122. The molecule has 1 heterocycles. The quantitative estimate of drug-likeness (QED) is 0.733. The molecule has 0 aromatic carbocycles. The highest BCUT2D eigenvalue weighted by Crippen LogP contribution is 2.24. The maximum absolute atomic E-state index is 12.0. The van der Waals surface area contributed by atoms with E-state index in [4.69, 9.17) is 5.11 Å². The first kappa shape index (κ1) is 15.7. The van der Waals surface area contributed by atoms with Gasteiger partial charge in [-0.25, -0.2) is 0 Å². The van der Waals surface area contributed by atoms with Crippen LogP contribution in [0, 0.1) is 19.8 Å². The fourth-order valence-corrected chi connectivity index (χ4v) is 2.28. The third kappa shape index (κ3) is 4.06. The fourth-order valence-electron chi connectivity index (χ4n) is 2.28. The van der Waals surface area contributed by atoms with Crippen molar-refractivity contribution >= 4 is 5.91 Å². The van der Waals surface area contributed by atoms with E-state index in [1.165, 1.54) is 0 Å². The predicted octanol–water partition coefficient (Wildman–Crippen LogP) is 1.65. The highest BCUT2D eigenvalue weighted by Gasteiger charge is 2.19. The summed E-state index contributed by atoms with van der Waals surface area (Å²) in [5.41, 5.74) is 3.10. The van der Waals surface area contributed by atoms with Crippen LogP contribution in [0.5, 0.6) is 0 Å². The minimum absolute atomic E-state index is 0.0142. The number of aryl methyl sites for hydroxylation is 2. The van der Waals surface area contributed by atoms with Crippen molar-refractivity contribution < 1.29 is 9.90 Å². The van der Waals surface area contributed by atoms with Gasteiger partial charge in [-0.15, -0.1) is 0 Å². The number of hydrogen-bond donors (Lipinski definition) is 3. The van der Waals surface area contributed by atoms with Crippen molar-refractivity contribution in [3.63, 3.8) is 0 Å². The number of nitrogens with one attached hydrogen (secondary N) is 2. The maximum atomic E-state index is 12.0.